The molecule has 100 valence electrons. The average Bonchev–Trinajstić information content (AvgIpc) is 3.21. The van der Waals surface area contributed by atoms with Gasteiger partial charge in [0.1, 0.15) is 0 Å². The molecule has 2 aliphatic rings. The van der Waals surface area contributed by atoms with Gasteiger partial charge in [-0.15, -0.1) is 0 Å². The SMILES string of the molecule is COC(=O)C1C2(C)C(C(=O)OC)C12c1ccccc1. The number of fused-ring (bicyclic) bond motifs is 1. The van der Waals surface area contributed by atoms with Crippen LogP contribution in [-0.2, 0) is 24.5 Å². The van der Waals surface area contributed by atoms with Crippen LogP contribution in [0.2, 0.25) is 0 Å². The lowest BCUT2D eigenvalue weighted by molar-refractivity contribution is -0.150. The van der Waals surface area contributed by atoms with E-state index in [9.17, 15) is 9.59 Å². The van der Waals surface area contributed by atoms with Gasteiger partial charge < -0.3 is 9.47 Å². The van der Waals surface area contributed by atoms with E-state index in [1.807, 2.05) is 37.3 Å². The molecule has 2 fully saturated rings. The molecular weight excluding hydrogens is 244 g/mol. The van der Waals surface area contributed by atoms with Crippen LogP contribution >= 0.6 is 0 Å². The quantitative estimate of drug-likeness (QED) is 0.773. The van der Waals surface area contributed by atoms with E-state index >= 15 is 0 Å². The normalized spacial score (nSPS) is 38.1. The Morgan fingerprint density at radius 3 is 1.89 bits per heavy atom. The van der Waals surface area contributed by atoms with Crippen molar-refractivity contribution in [3.8, 4) is 0 Å². The summed E-state index contributed by atoms with van der Waals surface area (Å²) in [6, 6.07) is 9.68. The van der Waals surface area contributed by atoms with Crippen molar-refractivity contribution >= 4 is 11.9 Å². The van der Waals surface area contributed by atoms with Gasteiger partial charge in [0.05, 0.1) is 26.1 Å². The van der Waals surface area contributed by atoms with Crippen LogP contribution in [0.5, 0.6) is 0 Å². The third-order valence-corrected chi connectivity index (χ3v) is 4.96. The van der Waals surface area contributed by atoms with E-state index in [2.05, 4.69) is 0 Å². The fourth-order valence-electron chi connectivity index (χ4n) is 4.03. The number of methoxy groups -OCH3 is 2. The van der Waals surface area contributed by atoms with Crippen molar-refractivity contribution in [1.82, 2.24) is 0 Å². The first-order valence-corrected chi connectivity index (χ1v) is 6.28. The summed E-state index contributed by atoms with van der Waals surface area (Å²) in [4.78, 5) is 23.8. The molecule has 2 aliphatic carbocycles. The Hall–Kier alpha value is -1.84. The second kappa shape index (κ2) is 3.59. The molecule has 0 amide bonds. The summed E-state index contributed by atoms with van der Waals surface area (Å²) in [5.74, 6) is -0.967. The maximum Gasteiger partial charge on any atom is 0.310 e. The van der Waals surface area contributed by atoms with Gasteiger partial charge in [-0.3, -0.25) is 9.59 Å². The molecular formula is C15H16O4. The van der Waals surface area contributed by atoms with Crippen molar-refractivity contribution in [1.29, 1.82) is 0 Å². The Balaban J connectivity index is 2.01. The van der Waals surface area contributed by atoms with E-state index in [-0.39, 0.29) is 29.2 Å². The summed E-state index contributed by atoms with van der Waals surface area (Å²) in [6.07, 6.45) is 0. The van der Waals surface area contributed by atoms with Gasteiger partial charge in [0.2, 0.25) is 0 Å². The van der Waals surface area contributed by atoms with E-state index in [1.165, 1.54) is 14.2 Å². The summed E-state index contributed by atoms with van der Waals surface area (Å²) in [5, 5.41) is 0. The van der Waals surface area contributed by atoms with Gasteiger partial charge in [0, 0.05) is 10.8 Å². The highest BCUT2D eigenvalue weighted by atomic mass is 16.5. The van der Waals surface area contributed by atoms with E-state index in [0.717, 1.165) is 5.56 Å². The zero-order valence-corrected chi connectivity index (χ0v) is 11.2. The molecule has 4 nitrogen and oxygen atoms in total. The van der Waals surface area contributed by atoms with Crippen LogP contribution in [0, 0.1) is 17.3 Å². The van der Waals surface area contributed by atoms with E-state index in [0.29, 0.717) is 0 Å². The van der Waals surface area contributed by atoms with Gasteiger partial charge in [-0.1, -0.05) is 37.3 Å². The lowest BCUT2D eigenvalue weighted by Gasteiger charge is -2.18. The molecule has 0 bridgehead atoms. The minimum absolute atomic E-state index is 0.239. The number of ether oxygens (including phenoxy) is 2. The summed E-state index contributed by atoms with van der Waals surface area (Å²) >= 11 is 0. The van der Waals surface area contributed by atoms with E-state index < -0.39 is 5.41 Å². The summed E-state index contributed by atoms with van der Waals surface area (Å²) in [7, 11) is 2.77. The van der Waals surface area contributed by atoms with Gasteiger partial charge in [-0.2, -0.15) is 0 Å². The number of rotatable bonds is 3. The van der Waals surface area contributed by atoms with Gasteiger partial charge in [0.25, 0.3) is 0 Å². The Bertz CT molecular complexity index is 525. The van der Waals surface area contributed by atoms with E-state index in [1.54, 1.807) is 0 Å². The van der Waals surface area contributed by atoms with Crippen LogP contribution in [0.1, 0.15) is 12.5 Å². The Labute approximate surface area is 111 Å². The molecule has 0 N–H and O–H groups in total. The van der Waals surface area contributed by atoms with Crippen LogP contribution in [-0.4, -0.2) is 26.2 Å². The molecule has 0 saturated heterocycles. The predicted molar refractivity (Wildman–Crippen MR) is 67.2 cm³/mol. The molecule has 0 spiro atoms. The molecule has 1 aromatic rings. The van der Waals surface area contributed by atoms with Crippen molar-refractivity contribution in [2.45, 2.75) is 12.3 Å². The number of hydrogen-bond acceptors (Lipinski definition) is 4. The number of benzene rings is 1. The van der Waals surface area contributed by atoms with Gasteiger partial charge in [0.15, 0.2) is 0 Å². The molecule has 1 aromatic carbocycles. The Kier molecular flexibility index (Phi) is 2.31. The first kappa shape index (κ1) is 12.2. The molecule has 0 aromatic heterocycles. The van der Waals surface area contributed by atoms with Gasteiger partial charge in [-0.05, 0) is 5.56 Å². The minimum Gasteiger partial charge on any atom is -0.469 e. The second-order valence-electron chi connectivity index (χ2n) is 5.43. The van der Waals surface area contributed by atoms with Crippen LogP contribution < -0.4 is 0 Å². The molecule has 0 aliphatic heterocycles. The van der Waals surface area contributed by atoms with Crippen molar-refractivity contribution in [3.05, 3.63) is 35.9 Å². The monoisotopic (exact) mass is 260 g/mol. The number of carbonyl (C=O) groups is 2. The number of esters is 2. The van der Waals surface area contributed by atoms with Crippen molar-refractivity contribution in [2.75, 3.05) is 14.2 Å². The molecule has 2 atom stereocenters. The van der Waals surface area contributed by atoms with Crippen molar-refractivity contribution < 1.29 is 19.1 Å². The highest BCUT2D eigenvalue weighted by Gasteiger charge is 3.00. The topological polar surface area (TPSA) is 52.6 Å². The third-order valence-electron chi connectivity index (χ3n) is 4.96. The number of hydrogen-bond donors (Lipinski definition) is 0. The van der Waals surface area contributed by atoms with Crippen LogP contribution in [0.25, 0.3) is 0 Å². The molecule has 4 heteroatoms. The van der Waals surface area contributed by atoms with E-state index in [4.69, 9.17) is 9.47 Å². The summed E-state index contributed by atoms with van der Waals surface area (Å²) in [5.41, 5.74) is 0.242. The van der Waals surface area contributed by atoms with Crippen LogP contribution in [0.15, 0.2) is 30.3 Å². The minimum atomic E-state index is -0.422. The average molecular weight is 260 g/mol. The second-order valence-corrected chi connectivity index (χ2v) is 5.43. The highest BCUT2D eigenvalue weighted by Crippen LogP contribution is 2.93. The standard InChI is InChI=1S/C15H16O4/c1-14-10(12(16)18-2)15(14,11(14)13(17)19-3)9-7-5-4-6-8-9/h4-8,10-11H,1-3H3. The summed E-state index contributed by atoms with van der Waals surface area (Å²) < 4.78 is 9.71. The van der Waals surface area contributed by atoms with Gasteiger partial charge >= 0.3 is 11.9 Å². The highest BCUT2D eigenvalue weighted by molar-refractivity contribution is 5.96. The molecule has 0 heterocycles. The maximum atomic E-state index is 11.9. The van der Waals surface area contributed by atoms with Crippen LogP contribution in [0.3, 0.4) is 0 Å². The summed E-state index contributed by atoms with van der Waals surface area (Å²) in [6.45, 7) is 1.96. The maximum absolute atomic E-state index is 11.9. The number of carbonyl (C=O) groups excluding carboxylic acids is 2. The first-order chi connectivity index (χ1) is 9.06. The first-order valence-electron chi connectivity index (χ1n) is 6.28. The molecule has 2 saturated carbocycles. The smallest absolute Gasteiger partial charge is 0.310 e. The molecule has 3 rings (SSSR count). The van der Waals surface area contributed by atoms with Gasteiger partial charge in [-0.25, -0.2) is 0 Å². The molecule has 19 heavy (non-hydrogen) atoms. The molecule has 2 unspecified atom stereocenters. The predicted octanol–water partition coefficient (Wildman–Crippen LogP) is 1.54. The van der Waals surface area contributed by atoms with Crippen LogP contribution in [0.4, 0.5) is 0 Å². The third kappa shape index (κ3) is 1.15. The lowest BCUT2D eigenvalue weighted by atomic mass is 9.88. The zero-order valence-electron chi connectivity index (χ0n) is 11.2. The van der Waals surface area contributed by atoms with Crippen molar-refractivity contribution in [3.63, 3.8) is 0 Å². The van der Waals surface area contributed by atoms with Crippen molar-refractivity contribution in [2.24, 2.45) is 17.3 Å². The fraction of sp³-hybridized carbons (Fsp3) is 0.467. The largest absolute Gasteiger partial charge is 0.469 e. The fourth-order valence-corrected chi connectivity index (χ4v) is 4.03. The molecule has 0 radical (unpaired) electrons. The zero-order chi connectivity index (χ0) is 13.8. The Morgan fingerprint density at radius 2 is 1.47 bits per heavy atom. The Morgan fingerprint density at radius 1 is 1.00 bits per heavy atom. The lowest BCUT2D eigenvalue weighted by Crippen LogP contribution is -2.29.